The second kappa shape index (κ2) is 9.31. The number of nitriles is 1. The van der Waals surface area contributed by atoms with Crippen LogP contribution >= 0.6 is 0 Å². The maximum atomic E-state index is 13.5. The maximum absolute atomic E-state index is 13.5. The number of benzene rings is 1. The van der Waals surface area contributed by atoms with E-state index in [0.717, 1.165) is 36.8 Å². The summed E-state index contributed by atoms with van der Waals surface area (Å²) in [6.45, 7) is 3.15. The van der Waals surface area contributed by atoms with Crippen molar-refractivity contribution in [3.05, 3.63) is 82.4 Å². The summed E-state index contributed by atoms with van der Waals surface area (Å²) in [6.07, 6.45) is -3.12. The number of hydrogen-bond donors (Lipinski definition) is 2. The SMILES string of the molecule is N#Cc1c(Nc2ccnc(N3CCNCC3)c2)c2ccc(C(F)(F)F)nc2n(-c2ccccc2)c1=O. The molecule has 1 aromatic carbocycles. The molecule has 5 rings (SSSR count). The van der Waals surface area contributed by atoms with Crippen molar-refractivity contribution in [3.63, 3.8) is 0 Å². The van der Waals surface area contributed by atoms with Gasteiger partial charge in [-0.1, -0.05) is 18.2 Å². The second-order valence-corrected chi connectivity index (χ2v) is 8.17. The van der Waals surface area contributed by atoms with E-state index in [4.69, 9.17) is 0 Å². The number of hydrogen-bond acceptors (Lipinski definition) is 7. The van der Waals surface area contributed by atoms with Gasteiger partial charge in [-0.25, -0.2) is 9.97 Å². The number of piperazine rings is 1. The Morgan fingerprint density at radius 2 is 1.81 bits per heavy atom. The Morgan fingerprint density at radius 1 is 1.06 bits per heavy atom. The molecule has 4 heterocycles. The van der Waals surface area contributed by atoms with Crippen LogP contribution in [0.2, 0.25) is 0 Å². The van der Waals surface area contributed by atoms with Gasteiger partial charge in [-0.15, -0.1) is 0 Å². The summed E-state index contributed by atoms with van der Waals surface area (Å²) >= 11 is 0. The number of halogens is 3. The van der Waals surface area contributed by atoms with Crippen molar-refractivity contribution < 1.29 is 13.2 Å². The maximum Gasteiger partial charge on any atom is 0.433 e. The third-order valence-electron chi connectivity index (χ3n) is 5.90. The predicted octanol–water partition coefficient (Wildman–Crippen LogP) is 3.82. The third kappa shape index (κ3) is 4.34. The number of aromatic nitrogens is 3. The van der Waals surface area contributed by atoms with E-state index in [1.807, 2.05) is 6.07 Å². The van der Waals surface area contributed by atoms with Crippen molar-refractivity contribution >= 4 is 28.2 Å². The lowest BCUT2D eigenvalue weighted by molar-refractivity contribution is -0.141. The molecule has 182 valence electrons. The van der Waals surface area contributed by atoms with Gasteiger partial charge in [-0.3, -0.25) is 9.36 Å². The zero-order valence-electron chi connectivity index (χ0n) is 18.9. The summed E-state index contributed by atoms with van der Waals surface area (Å²) in [5.74, 6) is 0.708. The normalized spacial score (nSPS) is 14.0. The first kappa shape index (κ1) is 23.3. The Bertz CT molecular complexity index is 1520. The number of nitrogens with one attached hydrogen (secondary N) is 2. The highest BCUT2D eigenvalue weighted by molar-refractivity contribution is 5.95. The van der Waals surface area contributed by atoms with Crippen LogP contribution in [0.4, 0.5) is 30.4 Å². The summed E-state index contributed by atoms with van der Waals surface area (Å²) in [6, 6.07) is 15.6. The second-order valence-electron chi connectivity index (χ2n) is 8.17. The molecule has 1 saturated heterocycles. The Morgan fingerprint density at radius 3 is 2.50 bits per heavy atom. The van der Waals surface area contributed by atoms with Crippen LogP contribution in [0.3, 0.4) is 0 Å². The Hall–Kier alpha value is -4.43. The van der Waals surface area contributed by atoms with Gasteiger partial charge in [0, 0.05) is 49.5 Å². The van der Waals surface area contributed by atoms with Gasteiger partial charge in [0.1, 0.15) is 28.8 Å². The van der Waals surface area contributed by atoms with Crippen molar-refractivity contribution in [1.29, 1.82) is 5.26 Å². The highest BCUT2D eigenvalue weighted by atomic mass is 19.4. The zero-order chi connectivity index (χ0) is 25.3. The van der Waals surface area contributed by atoms with Crippen LogP contribution in [0.25, 0.3) is 16.7 Å². The summed E-state index contributed by atoms with van der Waals surface area (Å²) in [4.78, 5) is 23.8. The first-order chi connectivity index (χ1) is 17.4. The number of nitrogens with zero attached hydrogens (tertiary/aromatic N) is 5. The molecule has 0 radical (unpaired) electrons. The molecule has 3 aromatic heterocycles. The molecule has 1 aliphatic rings. The molecular formula is C25H20F3N7O. The van der Waals surface area contributed by atoms with Crippen LogP contribution in [0.1, 0.15) is 11.3 Å². The van der Waals surface area contributed by atoms with E-state index in [9.17, 15) is 23.2 Å². The molecule has 1 aliphatic heterocycles. The molecule has 11 heteroatoms. The average molecular weight is 491 g/mol. The fourth-order valence-corrected chi connectivity index (χ4v) is 4.18. The largest absolute Gasteiger partial charge is 0.433 e. The molecule has 0 unspecified atom stereocenters. The van der Waals surface area contributed by atoms with Crippen molar-refractivity contribution in [2.75, 3.05) is 36.4 Å². The van der Waals surface area contributed by atoms with Crippen LogP contribution in [-0.4, -0.2) is 40.7 Å². The van der Waals surface area contributed by atoms with E-state index in [-0.39, 0.29) is 22.3 Å². The van der Waals surface area contributed by atoms with Crippen LogP contribution in [-0.2, 0) is 6.18 Å². The van der Waals surface area contributed by atoms with Crippen LogP contribution in [0.15, 0.2) is 65.6 Å². The van der Waals surface area contributed by atoms with E-state index in [2.05, 4.69) is 25.5 Å². The number of rotatable bonds is 4. The van der Waals surface area contributed by atoms with Crippen molar-refractivity contribution in [2.24, 2.45) is 0 Å². The van der Waals surface area contributed by atoms with Crippen LogP contribution in [0.5, 0.6) is 0 Å². The lowest BCUT2D eigenvalue weighted by Gasteiger charge is -2.28. The van der Waals surface area contributed by atoms with Crippen molar-refractivity contribution in [2.45, 2.75) is 6.18 Å². The van der Waals surface area contributed by atoms with E-state index in [1.165, 1.54) is 6.07 Å². The molecule has 8 nitrogen and oxygen atoms in total. The Labute approximate surface area is 203 Å². The van der Waals surface area contributed by atoms with E-state index >= 15 is 0 Å². The lowest BCUT2D eigenvalue weighted by Crippen LogP contribution is -2.43. The monoisotopic (exact) mass is 491 g/mol. The zero-order valence-corrected chi connectivity index (χ0v) is 18.9. The smallest absolute Gasteiger partial charge is 0.354 e. The van der Waals surface area contributed by atoms with Crippen molar-refractivity contribution in [3.8, 4) is 11.8 Å². The standard InChI is InChI=1S/C25H20F3N7O/c26-25(27,28)20-7-6-18-22(32-16-8-9-31-21(14-16)34-12-10-30-11-13-34)19(15-29)24(36)35(23(18)33-20)17-4-2-1-3-5-17/h1-9,14,30H,10-13H2,(H,31,32). The van der Waals surface area contributed by atoms with Gasteiger partial charge in [0.05, 0.1) is 11.4 Å². The Kier molecular flexibility index (Phi) is 6.03. The fraction of sp³-hybridized carbons (Fsp3) is 0.200. The average Bonchev–Trinajstić information content (AvgIpc) is 2.89. The fourth-order valence-electron chi connectivity index (χ4n) is 4.18. The molecule has 0 bridgehead atoms. The molecule has 0 amide bonds. The van der Waals surface area contributed by atoms with Crippen LogP contribution in [0, 0.1) is 11.3 Å². The van der Waals surface area contributed by atoms with E-state index in [1.54, 1.807) is 48.7 Å². The number of fused-ring (bicyclic) bond motifs is 1. The van der Waals surface area contributed by atoms with Gasteiger partial charge in [0.15, 0.2) is 0 Å². The first-order valence-corrected chi connectivity index (χ1v) is 11.2. The summed E-state index contributed by atoms with van der Waals surface area (Å²) < 4.78 is 41.6. The molecular weight excluding hydrogens is 471 g/mol. The molecule has 36 heavy (non-hydrogen) atoms. The van der Waals surface area contributed by atoms with Gasteiger partial charge in [0.25, 0.3) is 5.56 Å². The predicted molar refractivity (Wildman–Crippen MR) is 130 cm³/mol. The van der Waals surface area contributed by atoms with Crippen LogP contribution < -0.4 is 21.1 Å². The summed E-state index contributed by atoms with van der Waals surface area (Å²) in [5.41, 5.74) is -1.45. The van der Waals surface area contributed by atoms with Gasteiger partial charge >= 0.3 is 6.18 Å². The lowest BCUT2D eigenvalue weighted by atomic mass is 10.1. The number of anilines is 3. The molecule has 1 fully saturated rings. The molecule has 2 N–H and O–H groups in total. The molecule has 4 aromatic rings. The summed E-state index contributed by atoms with van der Waals surface area (Å²) in [5, 5.41) is 16.5. The molecule has 0 aliphatic carbocycles. The van der Waals surface area contributed by atoms with Crippen molar-refractivity contribution in [1.82, 2.24) is 19.9 Å². The van der Waals surface area contributed by atoms with Gasteiger partial charge in [-0.2, -0.15) is 18.4 Å². The molecule has 0 spiro atoms. The van der Waals surface area contributed by atoms with Gasteiger partial charge < -0.3 is 15.5 Å². The topological polar surface area (TPSA) is 98.9 Å². The highest BCUT2D eigenvalue weighted by Crippen LogP contribution is 2.33. The minimum Gasteiger partial charge on any atom is -0.354 e. The van der Waals surface area contributed by atoms with Gasteiger partial charge in [-0.05, 0) is 30.3 Å². The first-order valence-electron chi connectivity index (χ1n) is 11.2. The highest BCUT2D eigenvalue weighted by Gasteiger charge is 2.33. The van der Waals surface area contributed by atoms with E-state index < -0.39 is 17.4 Å². The number of pyridine rings is 3. The Balaban J connectivity index is 1.71. The summed E-state index contributed by atoms with van der Waals surface area (Å²) in [7, 11) is 0. The van der Waals surface area contributed by atoms with Gasteiger partial charge in [0.2, 0.25) is 0 Å². The minimum atomic E-state index is -4.71. The minimum absolute atomic E-state index is 0.0865. The third-order valence-corrected chi connectivity index (χ3v) is 5.90. The number of para-hydroxylation sites is 1. The molecule has 0 atom stereocenters. The van der Waals surface area contributed by atoms with E-state index in [0.29, 0.717) is 17.2 Å². The molecule has 0 saturated carbocycles. The quantitative estimate of drug-likeness (QED) is 0.448. The number of alkyl halides is 3.